The molecule has 2 N–H and O–H groups in total. The Kier molecular flexibility index (Phi) is 9.64. The summed E-state index contributed by atoms with van der Waals surface area (Å²) in [4.78, 5) is 24.7. The Hall–Kier alpha value is -1.42. The highest BCUT2D eigenvalue weighted by molar-refractivity contribution is 7.98. The maximum atomic E-state index is 12.1. The van der Waals surface area contributed by atoms with Gasteiger partial charge in [0.25, 0.3) is 0 Å². The lowest BCUT2D eigenvalue weighted by Gasteiger charge is -2.26. The van der Waals surface area contributed by atoms with E-state index >= 15 is 0 Å². The summed E-state index contributed by atoms with van der Waals surface area (Å²) in [5, 5.41) is 20.2. The molecule has 0 aliphatic rings. The summed E-state index contributed by atoms with van der Waals surface area (Å²) in [6.45, 7) is 4.75. The van der Waals surface area contributed by atoms with Gasteiger partial charge in [0.05, 0.1) is 12.5 Å². The molecule has 0 aliphatic heterocycles. The van der Waals surface area contributed by atoms with Crippen LogP contribution in [0.4, 0.5) is 4.79 Å². The van der Waals surface area contributed by atoms with Gasteiger partial charge in [-0.1, -0.05) is 13.8 Å². The Morgan fingerprint density at radius 2 is 2.10 bits per heavy atom. The van der Waals surface area contributed by atoms with Crippen LogP contribution in [-0.2, 0) is 4.79 Å². The second kappa shape index (κ2) is 10.4. The number of nitrogens with one attached hydrogen (secondary N) is 1. The zero-order valence-electron chi connectivity index (χ0n) is 12.3. The number of hydrogen-bond acceptors (Lipinski definition) is 4. The topological polar surface area (TPSA) is 93.4 Å². The lowest BCUT2D eigenvalue weighted by atomic mass is 10.2. The fraction of sp³-hybridized carbons (Fsp3) is 0.769. The second-order valence-electron chi connectivity index (χ2n) is 4.87. The molecule has 0 saturated heterocycles. The standard InChI is InChI=1S/C13H23N3O3S/c1-10(2)9-16(7-4-6-14)13(19)15-11(12(17)18)5-8-20-3/h10-11H,4-5,7-9H2,1-3H3,(H,15,19)(H,17,18). The van der Waals surface area contributed by atoms with E-state index in [-0.39, 0.29) is 12.3 Å². The zero-order valence-corrected chi connectivity index (χ0v) is 13.1. The fourth-order valence-electron chi connectivity index (χ4n) is 1.63. The number of nitrogens with zero attached hydrogens (tertiary/aromatic N) is 2. The number of hydrogen-bond donors (Lipinski definition) is 2. The first-order chi connectivity index (χ1) is 9.42. The van der Waals surface area contributed by atoms with Crippen LogP contribution in [0.1, 0.15) is 26.7 Å². The second-order valence-corrected chi connectivity index (χ2v) is 5.86. The molecule has 0 bridgehead atoms. The normalized spacial score (nSPS) is 11.8. The van der Waals surface area contributed by atoms with Crippen LogP contribution < -0.4 is 5.32 Å². The summed E-state index contributed by atoms with van der Waals surface area (Å²) in [7, 11) is 0. The van der Waals surface area contributed by atoms with Gasteiger partial charge in [0.1, 0.15) is 6.04 Å². The summed E-state index contributed by atoms with van der Waals surface area (Å²) in [6, 6.07) is 0.698. The van der Waals surface area contributed by atoms with Gasteiger partial charge in [-0.25, -0.2) is 9.59 Å². The van der Waals surface area contributed by atoms with Crippen molar-refractivity contribution in [1.29, 1.82) is 5.26 Å². The van der Waals surface area contributed by atoms with Crippen LogP contribution in [0.3, 0.4) is 0 Å². The van der Waals surface area contributed by atoms with Crippen LogP contribution in [0, 0.1) is 17.2 Å². The number of carbonyl (C=O) groups is 2. The highest BCUT2D eigenvalue weighted by Crippen LogP contribution is 2.05. The SMILES string of the molecule is CSCCC(NC(=O)N(CCC#N)CC(C)C)C(=O)O. The molecule has 0 aromatic heterocycles. The van der Waals surface area contributed by atoms with Crippen LogP contribution in [0.25, 0.3) is 0 Å². The molecule has 0 fully saturated rings. The molecule has 7 heteroatoms. The molecule has 1 atom stereocenters. The van der Waals surface area contributed by atoms with Gasteiger partial charge in [-0.05, 0) is 24.3 Å². The van der Waals surface area contributed by atoms with E-state index in [1.54, 1.807) is 0 Å². The van der Waals surface area contributed by atoms with Crippen molar-refractivity contribution in [2.75, 3.05) is 25.1 Å². The molecule has 0 radical (unpaired) electrons. The average molecular weight is 301 g/mol. The Labute approximate surface area is 124 Å². The molecular formula is C13H23N3O3S. The quantitative estimate of drug-likeness (QED) is 0.677. The lowest BCUT2D eigenvalue weighted by molar-refractivity contribution is -0.139. The first-order valence-electron chi connectivity index (χ1n) is 6.56. The monoisotopic (exact) mass is 301 g/mol. The van der Waals surface area contributed by atoms with E-state index in [4.69, 9.17) is 10.4 Å². The summed E-state index contributed by atoms with van der Waals surface area (Å²) in [6.07, 6.45) is 2.51. The van der Waals surface area contributed by atoms with Gasteiger partial charge in [-0.2, -0.15) is 17.0 Å². The lowest BCUT2D eigenvalue weighted by Crippen LogP contribution is -2.49. The minimum atomic E-state index is -1.03. The predicted octanol–water partition coefficient (Wildman–Crippen LogP) is 1.77. The van der Waals surface area contributed by atoms with Gasteiger partial charge in [0.15, 0.2) is 0 Å². The highest BCUT2D eigenvalue weighted by Gasteiger charge is 2.23. The van der Waals surface area contributed by atoms with Crippen molar-refractivity contribution in [2.45, 2.75) is 32.7 Å². The van der Waals surface area contributed by atoms with E-state index in [2.05, 4.69) is 5.32 Å². The predicted molar refractivity (Wildman–Crippen MR) is 79.6 cm³/mol. The molecule has 0 saturated carbocycles. The molecular weight excluding hydrogens is 278 g/mol. The Morgan fingerprint density at radius 3 is 2.55 bits per heavy atom. The Morgan fingerprint density at radius 1 is 1.45 bits per heavy atom. The number of aliphatic carboxylic acids is 1. The van der Waals surface area contributed by atoms with Gasteiger partial charge in [0.2, 0.25) is 0 Å². The third kappa shape index (κ3) is 7.89. The van der Waals surface area contributed by atoms with Gasteiger partial charge < -0.3 is 15.3 Å². The Bertz CT molecular complexity index is 355. The highest BCUT2D eigenvalue weighted by atomic mass is 32.2. The van der Waals surface area contributed by atoms with Crippen LogP contribution in [0.5, 0.6) is 0 Å². The molecule has 0 aromatic rings. The van der Waals surface area contributed by atoms with E-state index < -0.39 is 18.0 Å². The van der Waals surface area contributed by atoms with Gasteiger partial charge in [0, 0.05) is 13.1 Å². The van der Waals surface area contributed by atoms with E-state index in [0.29, 0.717) is 25.3 Å². The number of thioether (sulfide) groups is 1. The van der Waals surface area contributed by atoms with Gasteiger partial charge in [-0.3, -0.25) is 0 Å². The maximum absolute atomic E-state index is 12.1. The van der Waals surface area contributed by atoms with E-state index in [0.717, 1.165) is 0 Å². The van der Waals surface area contributed by atoms with Crippen LogP contribution in [0.2, 0.25) is 0 Å². The minimum Gasteiger partial charge on any atom is -0.480 e. The smallest absolute Gasteiger partial charge is 0.326 e. The first-order valence-corrected chi connectivity index (χ1v) is 7.95. The number of carboxylic acid groups (broad SMARTS) is 1. The minimum absolute atomic E-state index is 0.239. The largest absolute Gasteiger partial charge is 0.480 e. The van der Waals surface area contributed by atoms with Gasteiger partial charge in [-0.15, -0.1) is 0 Å². The first kappa shape index (κ1) is 18.6. The summed E-state index contributed by atoms with van der Waals surface area (Å²) in [5.74, 6) is -0.106. The van der Waals surface area contributed by atoms with E-state index in [1.807, 2.05) is 26.2 Å². The summed E-state index contributed by atoms with van der Waals surface area (Å²) >= 11 is 1.54. The number of carboxylic acids is 1. The maximum Gasteiger partial charge on any atom is 0.326 e. The third-order valence-corrected chi connectivity index (χ3v) is 3.22. The number of carbonyl (C=O) groups excluding carboxylic acids is 1. The van der Waals surface area contributed by atoms with Crippen molar-refractivity contribution in [2.24, 2.45) is 5.92 Å². The van der Waals surface area contributed by atoms with Crippen LogP contribution in [0.15, 0.2) is 0 Å². The zero-order chi connectivity index (χ0) is 15.5. The van der Waals surface area contributed by atoms with Crippen molar-refractivity contribution in [3.63, 3.8) is 0 Å². The molecule has 2 amide bonds. The molecule has 20 heavy (non-hydrogen) atoms. The average Bonchev–Trinajstić information content (AvgIpc) is 2.38. The van der Waals surface area contributed by atoms with Crippen LogP contribution >= 0.6 is 11.8 Å². The number of amides is 2. The molecule has 0 spiro atoms. The number of rotatable bonds is 9. The Balaban J connectivity index is 4.60. The van der Waals surface area contributed by atoms with Gasteiger partial charge >= 0.3 is 12.0 Å². The summed E-state index contributed by atoms with van der Waals surface area (Å²) < 4.78 is 0. The molecule has 0 aromatic carbocycles. The van der Waals surface area contributed by atoms with E-state index in [1.165, 1.54) is 16.7 Å². The fourth-order valence-corrected chi connectivity index (χ4v) is 2.11. The van der Waals surface area contributed by atoms with Crippen molar-refractivity contribution >= 4 is 23.8 Å². The molecule has 6 nitrogen and oxygen atoms in total. The van der Waals surface area contributed by atoms with Crippen LogP contribution in [-0.4, -0.2) is 53.1 Å². The number of nitriles is 1. The molecule has 114 valence electrons. The molecule has 1 unspecified atom stereocenters. The van der Waals surface area contributed by atoms with E-state index in [9.17, 15) is 9.59 Å². The van der Waals surface area contributed by atoms with Crippen molar-refractivity contribution < 1.29 is 14.7 Å². The molecule has 0 rings (SSSR count). The molecule has 0 aliphatic carbocycles. The number of urea groups is 1. The van der Waals surface area contributed by atoms with Crippen molar-refractivity contribution in [3.05, 3.63) is 0 Å². The summed E-state index contributed by atoms with van der Waals surface area (Å²) in [5.41, 5.74) is 0. The molecule has 0 heterocycles. The van der Waals surface area contributed by atoms with Crippen molar-refractivity contribution in [3.8, 4) is 6.07 Å². The van der Waals surface area contributed by atoms with Crippen molar-refractivity contribution in [1.82, 2.24) is 10.2 Å². The third-order valence-electron chi connectivity index (χ3n) is 2.57.